The highest BCUT2D eigenvalue weighted by atomic mass is 16.6. The van der Waals surface area contributed by atoms with Crippen LogP contribution >= 0.6 is 0 Å². The van der Waals surface area contributed by atoms with Crippen molar-refractivity contribution in [1.29, 1.82) is 0 Å². The van der Waals surface area contributed by atoms with Crippen LogP contribution in [0.15, 0.2) is 121 Å². The Hall–Kier alpha value is -7.21. The van der Waals surface area contributed by atoms with Crippen LogP contribution in [0.4, 0.5) is 0 Å². The zero-order chi connectivity index (χ0) is 69.3. The molecular weight excluding hydrogens is 1160 g/mol. The fourth-order valence-corrected chi connectivity index (χ4v) is 11.7. The molecule has 6 aromatic carbocycles. The molecule has 2 bridgehead atoms. The third-order valence-electron chi connectivity index (χ3n) is 20.5. The Balaban J connectivity index is 0.000000178. The molecule has 1 saturated heterocycles. The number of hydrogen-bond donors (Lipinski definition) is 1. The van der Waals surface area contributed by atoms with Crippen LogP contribution in [-0.4, -0.2) is 58.4 Å². The van der Waals surface area contributed by atoms with Gasteiger partial charge in [-0.2, -0.15) is 0 Å². The van der Waals surface area contributed by atoms with Gasteiger partial charge in [0.25, 0.3) is 0 Å². The van der Waals surface area contributed by atoms with Crippen LogP contribution in [0.25, 0.3) is 21.5 Å². The van der Waals surface area contributed by atoms with Crippen LogP contribution in [-0.2, 0) is 38.2 Å². The number of ether oxygens (including phenoxy) is 6. The highest BCUT2D eigenvalue weighted by Gasteiger charge is 2.63. The molecule has 11 rings (SSSR count). The predicted octanol–water partition coefficient (Wildman–Crippen LogP) is 20.1. The summed E-state index contributed by atoms with van der Waals surface area (Å²) in [4.78, 5) is 58.9. The number of phenols is 1. The predicted molar refractivity (Wildman–Crippen MR) is 374 cm³/mol. The molecule has 9 atom stereocenters. The molecule has 0 spiro atoms. The highest BCUT2D eigenvalue weighted by Crippen LogP contribution is 2.56. The SMILES string of the molecule is CC1c2cccc3cccc(c23)C1C.CC1c2cccc3cccc(c23)C1C.CCC(C)(C)C(=O)OC(C)(C)C.CCC(C)(C)C(=O)OC1C2CC3C(=O)OC1C3C2.CCC(C)(C)C(=O)Oc1ccc(O)cc1.CCC(C)(C)Oc1ccc(OC(=O)C(C)(C)CC)cc1. The lowest BCUT2D eigenvalue weighted by Crippen LogP contribution is -2.39. The highest BCUT2D eigenvalue weighted by molar-refractivity contribution is 5.93. The zero-order valence-electron chi connectivity index (χ0n) is 60.1. The molecule has 1 N–H and O–H groups in total. The number of benzene rings is 6. The topological polar surface area (TPSA) is 161 Å². The van der Waals surface area contributed by atoms with E-state index in [1.54, 1.807) is 24.3 Å². The van der Waals surface area contributed by atoms with Gasteiger partial charge in [-0.05, 0) is 251 Å². The third-order valence-corrected chi connectivity index (χ3v) is 20.5. The normalized spacial score (nSPS) is 21.4. The van der Waals surface area contributed by atoms with Gasteiger partial charge in [0.05, 0.1) is 27.6 Å². The fourth-order valence-electron chi connectivity index (χ4n) is 11.7. The summed E-state index contributed by atoms with van der Waals surface area (Å²) < 4.78 is 32.7. The largest absolute Gasteiger partial charge is 0.508 e. The van der Waals surface area contributed by atoms with Gasteiger partial charge >= 0.3 is 29.8 Å². The van der Waals surface area contributed by atoms with Crippen molar-refractivity contribution < 1.29 is 57.5 Å². The van der Waals surface area contributed by atoms with E-state index in [-0.39, 0.29) is 70.3 Å². The number of hydrogen-bond acceptors (Lipinski definition) is 12. The molecule has 3 fully saturated rings. The van der Waals surface area contributed by atoms with Crippen LogP contribution in [0.3, 0.4) is 0 Å². The van der Waals surface area contributed by atoms with Crippen molar-refractivity contribution in [3.05, 3.63) is 144 Å². The van der Waals surface area contributed by atoms with Gasteiger partial charge in [0.15, 0.2) is 0 Å². The summed E-state index contributed by atoms with van der Waals surface area (Å²) in [5, 5.41) is 14.9. The average Bonchev–Trinajstić information content (AvgIpc) is 1.59. The summed E-state index contributed by atoms with van der Waals surface area (Å²) in [7, 11) is 0. The van der Waals surface area contributed by atoms with Crippen LogP contribution in [0.1, 0.15) is 243 Å². The van der Waals surface area contributed by atoms with E-state index in [9.17, 15) is 24.0 Å². The van der Waals surface area contributed by atoms with Gasteiger partial charge in [-0.1, -0.05) is 135 Å². The first-order valence-electron chi connectivity index (χ1n) is 34.1. The Morgan fingerprint density at radius 1 is 0.462 bits per heavy atom. The summed E-state index contributed by atoms with van der Waals surface area (Å²) >= 11 is 0. The molecule has 5 aliphatic rings. The Morgan fingerprint density at radius 2 is 0.817 bits per heavy atom. The van der Waals surface area contributed by atoms with Crippen molar-refractivity contribution in [3.63, 3.8) is 0 Å². The summed E-state index contributed by atoms with van der Waals surface area (Å²) in [6.45, 7) is 44.1. The van der Waals surface area contributed by atoms with E-state index in [1.807, 2.05) is 130 Å². The van der Waals surface area contributed by atoms with Crippen LogP contribution in [0, 0.1) is 39.4 Å². The number of fused-ring (bicyclic) bond motifs is 1. The van der Waals surface area contributed by atoms with Gasteiger partial charge < -0.3 is 33.5 Å². The zero-order valence-corrected chi connectivity index (χ0v) is 60.1. The third kappa shape index (κ3) is 18.4. The van der Waals surface area contributed by atoms with Crippen LogP contribution < -0.4 is 14.2 Å². The van der Waals surface area contributed by atoms with Gasteiger partial charge in [-0.3, -0.25) is 24.0 Å². The number of esters is 5. The lowest BCUT2D eigenvalue weighted by Gasteiger charge is -2.29. The molecule has 6 aromatic rings. The second kappa shape index (κ2) is 30.5. The molecule has 0 aromatic heterocycles. The Bertz CT molecular complexity index is 3350. The minimum absolute atomic E-state index is 0.0779. The molecule has 4 aliphatic carbocycles. The molecule has 506 valence electrons. The van der Waals surface area contributed by atoms with Crippen molar-refractivity contribution in [1.82, 2.24) is 0 Å². The quantitative estimate of drug-likeness (QED) is 0.0625. The van der Waals surface area contributed by atoms with Crippen molar-refractivity contribution in [2.45, 2.75) is 244 Å². The maximum Gasteiger partial charge on any atom is 0.316 e. The van der Waals surface area contributed by atoms with E-state index in [0.717, 1.165) is 50.7 Å². The first-order valence-corrected chi connectivity index (χ1v) is 34.1. The molecule has 9 unspecified atom stereocenters. The number of phenolic OH excluding ortho intramolecular Hbond substituents is 1. The Labute approximate surface area is 556 Å². The first kappa shape index (κ1) is 74.8. The van der Waals surface area contributed by atoms with Crippen molar-refractivity contribution in [2.75, 3.05) is 0 Å². The number of carbonyl (C=O) groups excluding carboxylic acids is 5. The van der Waals surface area contributed by atoms with Crippen molar-refractivity contribution >= 4 is 51.4 Å². The van der Waals surface area contributed by atoms with E-state index in [4.69, 9.17) is 33.5 Å². The summed E-state index contributed by atoms with van der Waals surface area (Å²) in [5.41, 5.74) is 3.83. The van der Waals surface area contributed by atoms with E-state index >= 15 is 0 Å². The van der Waals surface area contributed by atoms with Crippen LogP contribution in [0.5, 0.6) is 23.0 Å². The van der Waals surface area contributed by atoms with E-state index < -0.39 is 16.2 Å². The minimum Gasteiger partial charge on any atom is -0.508 e. The Kier molecular flexibility index (Phi) is 24.5. The molecule has 93 heavy (non-hydrogen) atoms. The number of aromatic hydroxyl groups is 1. The van der Waals surface area contributed by atoms with E-state index in [2.05, 4.69) is 107 Å². The Morgan fingerprint density at radius 3 is 1.18 bits per heavy atom. The summed E-state index contributed by atoms with van der Waals surface area (Å²) in [6, 6.07) is 40.0. The van der Waals surface area contributed by atoms with Gasteiger partial charge in [-0.15, -0.1) is 0 Å². The summed E-state index contributed by atoms with van der Waals surface area (Å²) in [5.74, 6) is 4.54. The molecule has 12 nitrogen and oxygen atoms in total. The van der Waals surface area contributed by atoms with Crippen molar-refractivity contribution in [3.8, 4) is 23.0 Å². The maximum absolute atomic E-state index is 12.1. The lowest BCUT2D eigenvalue weighted by molar-refractivity contribution is -0.170. The molecule has 0 amide bonds. The molecule has 2 saturated carbocycles. The standard InChI is InChI=1S/C17H26O3.C14H20O4.2C14H14.C12H16O3.C10H20O2/c1-7-16(3,4)15(18)19-13-9-11-14(12-10-13)20-17(5,6)8-2;1-4-14(2,3)13(16)18-10-7-5-8-9(6-7)12(15)17-11(8)10;2*1-9-10(2)13-8-4-6-11-5-3-7-12(9)14(11)13;1-4-12(2,3)11(14)15-10-7-5-9(13)6-8-10;1-7-10(5,6)8(11)12-9(2,3)4/h9-12H,7-8H2,1-6H3;7-11H,4-6H2,1-3H3;2*3-10H,1-2H3;5-8,13H,4H2,1-3H3;7H2,1-6H3. The van der Waals surface area contributed by atoms with Gasteiger partial charge in [0.2, 0.25) is 0 Å². The van der Waals surface area contributed by atoms with E-state index in [0.29, 0.717) is 47.0 Å². The molecular formula is C81H110O12. The molecule has 1 aliphatic heterocycles. The monoisotopic (exact) mass is 1270 g/mol. The van der Waals surface area contributed by atoms with Gasteiger partial charge in [0.1, 0.15) is 46.4 Å². The van der Waals surface area contributed by atoms with Gasteiger partial charge in [0, 0.05) is 11.8 Å². The average molecular weight is 1280 g/mol. The van der Waals surface area contributed by atoms with E-state index in [1.165, 1.54) is 55.9 Å². The molecule has 1 heterocycles. The fraction of sp³-hybridized carbons (Fsp3) is 0.543. The number of rotatable bonds is 14. The lowest BCUT2D eigenvalue weighted by atomic mass is 9.87. The first-order chi connectivity index (χ1) is 43.4. The molecule has 12 heteroatoms. The number of carbonyl (C=O) groups is 5. The maximum atomic E-state index is 12.1. The second-order valence-corrected chi connectivity index (χ2v) is 30.4. The van der Waals surface area contributed by atoms with Crippen LogP contribution in [0.2, 0.25) is 0 Å². The smallest absolute Gasteiger partial charge is 0.316 e. The van der Waals surface area contributed by atoms with Crippen molar-refractivity contribution in [2.24, 2.45) is 39.4 Å². The summed E-state index contributed by atoms with van der Waals surface area (Å²) in [6.07, 6.45) is 5.40. The van der Waals surface area contributed by atoms with Gasteiger partial charge in [-0.25, -0.2) is 0 Å². The molecule has 0 radical (unpaired) electrons. The second-order valence-electron chi connectivity index (χ2n) is 30.4. The minimum atomic E-state index is -0.474.